The maximum Gasteiger partial charge on any atom is 0.269 e. The van der Waals surface area contributed by atoms with Crippen LogP contribution < -0.4 is 5.32 Å². The molecule has 0 atom stereocenters. The summed E-state index contributed by atoms with van der Waals surface area (Å²) < 4.78 is 13.3. The van der Waals surface area contributed by atoms with Gasteiger partial charge in [0.15, 0.2) is 0 Å². The second-order valence-electron chi connectivity index (χ2n) is 6.24. The van der Waals surface area contributed by atoms with Gasteiger partial charge in [-0.3, -0.25) is 9.89 Å². The molecule has 3 N–H and O–H groups in total. The van der Waals surface area contributed by atoms with Gasteiger partial charge in [0.25, 0.3) is 5.91 Å². The Kier molecular flexibility index (Phi) is 4.17. The van der Waals surface area contributed by atoms with Crippen LogP contribution in [0.25, 0.3) is 11.3 Å². The quantitative estimate of drug-likeness (QED) is 0.811. The van der Waals surface area contributed by atoms with Crippen molar-refractivity contribution in [2.75, 3.05) is 6.54 Å². The van der Waals surface area contributed by atoms with Crippen LogP contribution in [0.2, 0.25) is 0 Å². The van der Waals surface area contributed by atoms with Crippen molar-refractivity contribution in [3.05, 3.63) is 41.3 Å². The van der Waals surface area contributed by atoms with Gasteiger partial charge in [0.05, 0.1) is 11.3 Å². The van der Waals surface area contributed by atoms with Crippen LogP contribution in [0.5, 0.6) is 0 Å². The number of rotatable bonds is 4. The number of carbonyl (C=O) groups excluding carboxylic acids is 1. The van der Waals surface area contributed by atoms with Crippen LogP contribution in [0.3, 0.4) is 0 Å². The van der Waals surface area contributed by atoms with Gasteiger partial charge in [-0.25, -0.2) is 4.39 Å². The Bertz CT molecular complexity index is 720. The van der Waals surface area contributed by atoms with E-state index in [0.717, 1.165) is 31.2 Å². The van der Waals surface area contributed by atoms with Crippen LogP contribution in [-0.2, 0) is 0 Å². The molecule has 6 heteroatoms. The zero-order valence-electron chi connectivity index (χ0n) is 13.0. The van der Waals surface area contributed by atoms with Gasteiger partial charge >= 0.3 is 0 Å². The van der Waals surface area contributed by atoms with E-state index in [4.69, 9.17) is 0 Å². The minimum Gasteiger partial charge on any atom is -0.388 e. The van der Waals surface area contributed by atoms with Crippen LogP contribution in [0.1, 0.15) is 41.7 Å². The van der Waals surface area contributed by atoms with Crippen molar-refractivity contribution in [3.8, 4) is 11.3 Å². The lowest BCUT2D eigenvalue weighted by molar-refractivity contribution is 0.0448. The molecule has 0 spiro atoms. The van der Waals surface area contributed by atoms with E-state index in [0.29, 0.717) is 17.0 Å². The highest BCUT2D eigenvalue weighted by atomic mass is 19.1. The Balaban J connectivity index is 1.68. The van der Waals surface area contributed by atoms with E-state index >= 15 is 0 Å². The molecule has 1 aromatic carbocycles. The van der Waals surface area contributed by atoms with Crippen LogP contribution in [-0.4, -0.2) is 33.4 Å². The van der Waals surface area contributed by atoms with E-state index in [-0.39, 0.29) is 18.3 Å². The van der Waals surface area contributed by atoms with Gasteiger partial charge < -0.3 is 10.4 Å². The van der Waals surface area contributed by atoms with Crippen LogP contribution >= 0.6 is 0 Å². The largest absolute Gasteiger partial charge is 0.388 e. The molecule has 122 valence electrons. The molecule has 1 heterocycles. The first-order chi connectivity index (χ1) is 11.0. The summed E-state index contributed by atoms with van der Waals surface area (Å²) in [6, 6.07) is 6.32. The summed E-state index contributed by atoms with van der Waals surface area (Å²) in [6.07, 6.45) is 3.42. The number of nitrogens with zero attached hydrogens (tertiary/aromatic N) is 1. The summed E-state index contributed by atoms with van der Waals surface area (Å²) in [7, 11) is 0. The molecule has 0 bridgehead atoms. The Hall–Kier alpha value is -2.21. The van der Waals surface area contributed by atoms with Gasteiger partial charge in [0.1, 0.15) is 11.5 Å². The SMILES string of the molecule is Cc1cc(-c2cc(C(=O)NCC3(O)CCCC3)[nH]n2)ccc1F. The molecule has 2 aromatic rings. The number of nitrogens with one attached hydrogen (secondary N) is 2. The average Bonchev–Trinajstić information content (AvgIpc) is 3.17. The van der Waals surface area contributed by atoms with Crippen molar-refractivity contribution in [1.29, 1.82) is 0 Å². The lowest BCUT2D eigenvalue weighted by Gasteiger charge is -2.21. The van der Waals surface area contributed by atoms with Crippen molar-refractivity contribution >= 4 is 5.91 Å². The second-order valence-corrected chi connectivity index (χ2v) is 6.24. The molecule has 1 aliphatic rings. The molecule has 1 aromatic heterocycles. The number of hydrogen-bond donors (Lipinski definition) is 3. The monoisotopic (exact) mass is 317 g/mol. The fraction of sp³-hybridized carbons (Fsp3) is 0.412. The summed E-state index contributed by atoms with van der Waals surface area (Å²) in [5.41, 5.74) is 1.39. The Morgan fingerprint density at radius 3 is 2.83 bits per heavy atom. The minimum absolute atomic E-state index is 0.246. The first-order valence-electron chi connectivity index (χ1n) is 7.79. The maximum absolute atomic E-state index is 13.3. The lowest BCUT2D eigenvalue weighted by Crippen LogP contribution is -2.40. The average molecular weight is 317 g/mol. The Labute approximate surface area is 133 Å². The molecule has 5 nitrogen and oxygen atoms in total. The lowest BCUT2D eigenvalue weighted by atomic mass is 10.0. The first-order valence-corrected chi connectivity index (χ1v) is 7.79. The third-order valence-electron chi connectivity index (χ3n) is 4.39. The van der Waals surface area contributed by atoms with Gasteiger partial charge in [-0.2, -0.15) is 5.10 Å². The maximum atomic E-state index is 13.3. The fourth-order valence-electron chi connectivity index (χ4n) is 2.94. The first kappa shape index (κ1) is 15.7. The smallest absolute Gasteiger partial charge is 0.269 e. The Morgan fingerprint density at radius 2 is 2.13 bits per heavy atom. The molecule has 1 fully saturated rings. The molecule has 1 aliphatic carbocycles. The highest BCUT2D eigenvalue weighted by Crippen LogP contribution is 2.28. The zero-order valence-corrected chi connectivity index (χ0v) is 13.0. The third kappa shape index (κ3) is 3.42. The van der Waals surface area contributed by atoms with E-state index in [1.807, 2.05) is 0 Å². The summed E-state index contributed by atoms with van der Waals surface area (Å²) >= 11 is 0. The number of aromatic amines is 1. The fourth-order valence-corrected chi connectivity index (χ4v) is 2.94. The van der Waals surface area contributed by atoms with Gasteiger partial charge in [-0.15, -0.1) is 0 Å². The Morgan fingerprint density at radius 1 is 1.39 bits per heavy atom. The van der Waals surface area contributed by atoms with Crippen molar-refractivity contribution in [3.63, 3.8) is 0 Å². The zero-order chi connectivity index (χ0) is 16.4. The van der Waals surface area contributed by atoms with E-state index in [1.165, 1.54) is 6.07 Å². The van der Waals surface area contributed by atoms with Crippen LogP contribution in [0, 0.1) is 12.7 Å². The number of hydrogen-bond acceptors (Lipinski definition) is 3. The number of aryl methyl sites for hydroxylation is 1. The summed E-state index contributed by atoms with van der Waals surface area (Å²) in [6.45, 7) is 1.93. The van der Waals surface area contributed by atoms with Gasteiger partial charge in [-0.05, 0) is 49.6 Å². The third-order valence-corrected chi connectivity index (χ3v) is 4.39. The highest BCUT2D eigenvalue weighted by Gasteiger charge is 2.31. The van der Waals surface area contributed by atoms with E-state index < -0.39 is 5.60 Å². The second kappa shape index (κ2) is 6.12. The van der Waals surface area contributed by atoms with Crippen LogP contribution in [0.4, 0.5) is 4.39 Å². The van der Waals surface area contributed by atoms with Crippen molar-refractivity contribution < 1.29 is 14.3 Å². The molecule has 0 radical (unpaired) electrons. The van der Waals surface area contributed by atoms with Gasteiger partial charge in [-0.1, -0.05) is 12.8 Å². The molecule has 1 amide bonds. The minimum atomic E-state index is -0.785. The number of halogens is 1. The molecule has 0 saturated heterocycles. The molecular formula is C17H20FN3O2. The topological polar surface area (TPSA) is 78.0 Å². The normalized spacial score (nSPS) is 16.5. The summed E-state index contributed by atoms with van der Waals surface area (Å²) in [5, 5.41) is 19.8. The van der Waals surface area contributed by atoms with E-state index in [9.17, 15) is 14.3 Å². The van der Waals surface area contributed by atoms with E-state index in [2.05, 4.69) is 15.5 Å². The predicted molar refractivity (Wildman–Crippen MR) is 84.5 cm³/mol. The highest BCUT2D eigenvalue weighted by molar-refractivity contribution is 5.93. The van der Waals surface area contributed by atoms with Crippen molar-refractivity contribution in [2.24, 2.45) is 0 Å². The summed E-state index contributed by atoms with van der Waals surface area (Å²) in [4.78, 5) is 12.2. The summed E-state index contributed by atoms with van der Waals surface area (Å²) in [5.74, 6) is -0.574. The molecule has 23 heavy (non-hydrogen) atoms. The number of carbonyl (C=O) groups is 1. The van der Waals surface area contributed by atoms with Crippen molar-refractivity contribution in [2.45, 2.75) is 38.2 Å². The van der Waals surface area contributed by atoms with Gasteiger partial charge in [0, 0.05) is 12.1 Å². The molecule has 1 saturated carbocycles. The standard InChI is InChI=1S/C17H20FN3O2/c1-11-8-12(4-5-13(11)18)14-9-15(21-20-14)16(22)19-10-17(23)6-2-3-7-17/h4-5,8-9,23H,2-3,6-7,10H2,1H3,(H,19,22)(H,20,21). The number of H-pyrrole nitrogens is 1. The van der Waals surface area contributed by atoms with E-state index in [1.54, 1.807) is 25.1 Å². The molecule has 0 aliphatic heterocycles. The molecular weight excluding hydrogens is 297 g/mol. The van der Waals surface area contributed by atoms with Gasteiger partial charge in [0.2, 0.25) is 0 Å². The number of benzene rings is 1. The van der Waals surface area contributed by atoms with Crippen LogP contribution in [0.15, 0.2) is 24.3 Å². The number of aromatic nitrogens is 2. The molecule has 0 unspecified atom stereocenters. The molecule has 3 rings (SSSR count). The number of amides is 1. The van der Waals surface area contributed by atoms with Crippen molar-refractivity contribution in [1.82, 2.24) is 15.5 Å². The predicted octanol–water partition coefficient (Wildman–Crippen LogP) is 2.56. The number of aliphatic hydroxyl groups is 1.